The molecule has 0 bridgehead atoms. The Labute approximate surface area is 154 Å². The Hall–Kier alpha value is -2.37. The Morgan fingerprint density at radius 1 is 1.35 bits per heavy atom. The number of piperidine rings is 1. The van der Waals surface area contributed by atoms with Gasteiger partial charge in [0.1, 0.15) is 0 Å². The Morgan fingerprint density at radius 3 is 2.85 bits per heavy atom. The predicted molar refractivity (Wildman–Crippen MR) is 100 cm³/mol. The van der Waals surface area contributed by atoms with Gasteiger partial charge in [0.2, 0.25) is 0 Å². The number of carbonyl (C=O) groups excluding carboxylic acids is 1. The molecular formula is C20H26N4O2. The highest BCUT2D eigenvalue weighted by molar-refractivity contribution is 5.90. The van der Waals surface area contributed by atoms with Crippen molar-refractivity contribution < 1.29 is 9.32 Å². The van der Waals surface area contributed by atoms with Gasteiger partial charge in [-0.3, -0.25) is 0 Å². The first-order valence-electron chi connectivity index (χ1n) is 9.42. The van der Waals surface area contributed by atoms with Crippen molar-refractivity contribution in [1.82, 2.24) is 15.0 Å². The number of anilines is 1. The van der Waals surface area contributed by atoms with Crippen molar-refractivity contribution in [3.8, 4) is 11.5 Å². The van der Waals surface area contributed by atoms with E-state index in [1.807, 2.05) is 30.0 Å². The number of aryl methyl sites for hydroxylation is 1. The standard InChI is InChI=1S/C20H26N4O2/c1-13-11-15(18-22-17(23-26-18)14-5-6-14)7-8-16(13)21-19(25)24-10-4-9-20(2,3)12-24/h7-8,11,14H,4-6,9-10,12H2,1-3H3,(H,21,25). The molecule has 2 aliphatic rings. The fraction of sp³-hybridized carbons (Fsp3) is 0.550. The molecule has 1 saturated carbocycles. The average Bonchev–Trinajstić information content (AvgIpc) is 3.33. The van der Waals surface area contributed by atoms with Crippen LogP contribution in [-0.2, 0) is 0 Å². The first-order chi connectivity index (χ1) is 12.4. The molecule has 4 rings (SSSR count). The van der Waals surface area contributed by atoms with Crippen molar-refractivity contribution in [1.29, 1.82) is 0 Å². The van der Waals surface area contributed by atoms with Gasteiger partial charge in [0.15, 0.2) is 5.82 Å². The van der Waals surface area contributed by atoms with Gasteiger partial charge >= 0.3 is 6.03 Å². The molecule has 6 heteroatoms. The van der Waals surface area contributed by atoms with Gasteiger partial charge in [0.25, 0.3) is 5.89 Å². The summed E-state index contributed by atoms with van der Waals surface area (Å²) in [7, 11) is 0. The molecule has 0 radical (unpaired) electrons. The first kappa shape index (κ1) is 17.1. The molecule has 2 fully saturated rings. The number of nitrogens with one attached hydrogen (secondary N) is 1. The van der Waals surface area contributed by atoms with Crippen LogP contribution in [0.3, 0.4) is 0 Å². The second-order valence-electron chi connectivity index (χ2n) is 8.38. The van der Waals surface area contributed by atoms with Crippen molar-refractivity contribution >= 4 is 11.7 Å². The molecule has 1 saturated heterocycles. The number of benzene rings is 1. The second-order valence-corrected chi connectivity index (χ2v) is 8.38. The minimum atomic E-state index is -0.0255. The van der Waals surface area contributed by atoms with E-state index in [9.17, 15) is 4.79 Å². The molecule has 1 N–H and O–H groups in total. The minimum Gasteiger partial charge on any atom is -0.334 e. The van der Waals surface area contributed by atoms with E-state index < -0.39 is 0 Å². The number of urea groups is 1. The maximum Gasteiger partial charge on any atom is 0.321 e. The van der Waals surface area contributed by atoms with Crippen LogP contribution < -0.4 is 5.32 Å². The number of nitrogens with zero attached hydrogens (tertiary/aromatic N) is 3. The predicted octanol–water partition coefficient (Wildman–Crippen LogP) is 4.58. The molecule has 1 aromatic carbocycles. The number of amides is 2. The molecule has 1 aliphatic heterocycles. The number of hydrogen-bond acceptors (Lipinski definition) is 4. The summed E-state index contributed by atoms with van der Waals surface area (Å²) in [6.07, 6.45) is 4.52. The summed E-state index contributed by atoms with van der Waals surface area (Å²) in [5.74, 6) is 1.83. The topological polar surface area (TPSA) is 71.3 Å². The van der Waals surface area contributed by atoms with E-state index in [1.54, 1.807) is 0 Å². The summed E-state index contributed by atoms with van der Waals surface area (Å²) >= 11 is 0. The summed E-state index contributed by atoms with van der Waals surface area (Å²) in [5.41, 5.74) is 2.88. The van der Waals surface area contributed by atoms with Crippen molar-refractivity contribution in [2.75, 3.05) is 18.4 Å². The van der Waals surface area contributed by atoms with E-state index in [4.69, 9.17) is 4.52 Å². The fourth-order valence-corrected chi connectivity index (χ4v) is 3.59. The highest BCUT2D eigenvalue weighted by atomic mass is 16.5. The van der Waals surface area contributed by atoms with Crippen LogP contribution >= 0.6 is 0 Å². The van der Waals surface area contributed by atoms with Gasteiger partial charge in [-0.1, -0.05) is 19.0 Å². The van der Waals surface area contributed by atoms with Crippen LogP contribution in [0.5, 0.6) is 0 Å². The summed E-state index contributed by atoms with van der Waals surface area (Å²) in [6, 6.07) is 5.80. The van der Waals surface area contributed by atoms with Gasteiger partial charge in [-0.25, -0.2) is 4.79 Å². The van der Waals surface area contributed by atoms with Gasteiger partial charge in [-0.05, 0) is 61.8 Å². The monoisotopic (exact) mass is 354 g/mol. The number of rotatable bonds is 3. The lowest BCUT2D eigenvalue weighted by molar-refractivity contribution is 0.138. The normalized spacial score (nSPS) is 19.4. The van der Waals surface area contributed by atoms with Crippen LogP contribution in [0.25, 0.3) is 11.5 Å². The molecule has 0 unspecified atom stereocenters. The highest BCUT2D eigenvalue weighted by Gasteiger charge is 2.30. The van der Waals surface area contributed by atoms with Gasteiger partial charge in [0, 0.05) is 30.3 Å². The van der Waals surface area contributed by atoms with E-state index >= 15 is 0 Å². The molecule has 6 nitrogen and oxygen atoms in total. The minimum absolute atomic E-state index is 0.0255. The van der Waals surface area contributed by atoms with E-state index in [2.05, 4.69) is 29.3 Å². The first-order valence-corrected chi connectivity index (χ1v) is 9.42. The number of likely N-dealkylation sites (tertiary alicyclic amines) is 1. The quantitative estimate of drug-likeness (QED) is 0.876. The van der Waals surface area contributed by atoms with Gasteiger partial charge in [-0.2, -0.15) is 4.98 Å². The maximum absolute atomic E-state index is 12.6. The number of carbonyl (C=O) groups is 1. The van der Waals surface area contributed by atoms with E-state index in [0.717, 1.165) is 61.4 Å². The largest absolute Gasteiger partial charge is 0.334 e. The van der Waals surface area contributed by atoms with Crippen LogP contribution in [0.2, 0.25) is 0 Å². The summed E-state index contributed by atoms with van der Waals surface area (Å²) in [6.45, 7) is 8.02. The van der Waals surface area contributed by atoms with Crippen LogP contribution in [0, 0.1) is 12.3 Å². The zero-order valence-corrected chi connectivity index (χ0v) is 15.7. The summed E-state index contributed by atoms with van der Waals surface area (Å²) in [5, 5.41) is 7.12. The van der Waals surface area contributed by atoms with Gasteiger partial charge in [0.05, 0.1) is 0 Å². The van der Waals surface area contributed by atoms with E-state index in [-0.39, 0.29) is 11.4 Å². The molecule has 1 aliphatic carbocycles. The molecule has 0 spiro atoms. The maximum atomic E-state index is 12.6. The zero-order valence-electron chi connectivity index (χ0n) is 15.7. The van der Waals surface area contributed by atoms with Gasteiger partial charge in [-0.15, -0.1) is 0 Å². The van der Waals surface area contributed by atoms with E-state index in [0.29, 0.717) is 11.8 Å². The fourth-order valence-electron chi connectivity index (χ4n) is 3.59. The number of hydrogen-bond donors (Lipinski definition) is 1. The van der Waals surface area contributed by atoms with Crippen LogP contribution in [-0.4, -0.2) is 34.2 Å². The summed E-state index contributed by atoms with van der Waals surface area (Å²) < 4.78 is 5.39. The second kappa shape index (κ2) is 6.41. The Bertz CT molecular complexity index is 823. The molecule has 0 atom stereocenters. The van der Waals surface area contributed by atoms with Crippen molar-refractivity contribution in [2.24, 2.45) is 5.41 Å². The zero-order chi connectivity index (χ0) is 18.3. The molecule has 1 aromatic heterocycles. The number of aromatic nitrogens is 2. The SMILES string of the molecule is Cc1cc(-c2nc(C3CC3)no2)ccc1NC(=O)N1CCCC(C)(C)C1. The Morgan fingerprint density at radius 2 is 2.15 bits per heavy atom. The lowest BCUT2D eigenvalue weighted by Crippen LogP contribution is -2.45. The van der Waals surface area contributed by atoms with Crippen molar-refractivity contribution in [3.05, 3.63) is 29.6 Å². The Balaban J connectivity index is 1.46. The van der Waals surface area contributed by atoms with Crippen LogP contribution in [0.15, 0.2) is 22.7 Å². The Kier molecular flexibility index (Phi) is 4.21. The molecular weight excluding hydrogens is 328 g/mol. The van der Waals surface area contributed by atoms with Gasteiger partial charge < -0.3 is 14.7 Å². The molecule has 2 aromatic rings. The molecule has 138 valence electrons. The molecule has 2 heterocycles. The molecule has 26 heavy (non-hydrogen) atoms. The smallest absolute Gasteiger partial charge is 0.321 e. The summed E-state index contributed by atoms with van der Waals surface area (Å²) in [4.78, 5) is 19.0. The third kappa shape index (κ3) is 3.59. The average molecular weight is 354 g/mol. The van der Waals surface area contributed by atoms with Crippen LogP contribution in [0.1, 0.15) is 56.8 Å². The lowest BCUT2D eigenvalue weighted by Gasteiger charge is -2.38. The van der Waals surface area contributed by atoms with E-state index in [1.165, 1.54) is 0 Å². The third-order valence-corrected chi connectivity index (χ3v) is 5.29. The van der Waals surface area contributed by atoms with Crippen LogP contribution in [0.4, 0.5) is 10.5 Å². The van der Waals surface area contributed by atoms with Crippen molar-refractivity contribution in [3.63, 3.8) is 0 Å². The third-order valence-electron chi connectivity index (χ3n) is 5.29. The molecule has 2 amide bonds. The highest BCUT2D eigenvalue weighted by Crippen LogP contribution is 2.39. The van der Waals surface area contributed by atoms with Crippen molar-refractivity contribution in [2.45, 2.75) is 52.4 Å². The lowest BCUT2D eigenvalue weighted by atomic mass is 9.84.